The van der Waals surface area contributed by atoms with Crippen LogP contribution in [0.4, 0.5) is 0 Å². The predicted molar refractivity (Wildman–Crippen MR) is 91.2 cm³/mol. The van der Waals surface area contributed by atoms with Crippen LogP contribution in [0, 0.1) is 6.92 Å². The van der Waals surface area contributed by atoms with Crippen LogP contribution in [-0.4, -0.2) is 33.7 Å². The molecule has 6 heteroatoms. The lowest BCUT2D eigenvalue weighted by Crippen LogP contribution is -1.98. The standard InChI is InChI=1S/C16H17ClN2O2S/c1-11-16(21)15(12(10-20)8-19-11)9-18-6-7-22-14-4-2-13(17)3-5-14/h2-5,8-9,20-21H,6-7,10H2,1H3. The zero-order valence-corrected chi connectivity index (χ0v) is 13.7. The van der Waals surface area contributed by atoms with E-state index < -0.39 is 0 Å². The molecular formula is C16H17ClN2O2S. The van der Waals surface area contributed by atoms with E-state index in [0.29, 0.717) is 23.4 Å². The quantitative estimate of drug-likeness (QED) is 0.481. The number of pyridine rings is 1. The Morgan fingerprint density at radius 3 is 2.73 bits per heavy atom. The Balaban J connectivity index is 1.93. The fraction of sp³-hybridized carbons (Fsp3) is 0.250. The lowest BCUT2D eigenvalue weighted by Gasteiger charge is -2.07. The summed E-state index contributed by atoms with van der Waals surface area (Å²) in [5, 5.41) is 20.0. The highest BCUT2D eigenvalue weighted by Gasteiger charge is 2.08. The van der Waals surface area contributed by atoms with E-state index in [-0.39, 0.29) is 12.4 Å². The first-order chi connectivity index (χ1) is 10.6. The first-order valence-corrected chi connectivity index (χ1v) is 8.14. The van der Waals surface area contributed by atoms with E-state index in [0.717, 1.165) is 15.7 Å². The highest BCUT2D eigenvalue weighted by molar-refractivity contribution is 7.99. The van der Waals surface area contributed by atoms with E-state index in [4.69, 9.17) is 11.6 Å². The minimum absolute atomic E-state index is 0.0701. The second-order valence-electron chi connectivity index (χ2n) is 4.63. The molecule has 1 aromatic carbocycles. The third-order valence-corrected chi connectivity index (χ3v) is 4.30. The van der Waals surface area contributed by atoms with Gasteiger partial charge in [0.25, 0.3) is 0 Å². The SMILES string of the molecule is Cc1ncc(CO)c(C=NCCSc2ccc(Cl)cc2)c1O. The van der Waals surface area contributed by atoms with E-state index in [1.807, 2.05) is 24.3 Å². The van der Waals surface area contributed by atoms with E-state index in [1.165, 1.54) is 0 Å². The fourth-order valence-corrected chi connectivity index (χ4v) is 2.71. The van der Waals surface area contributed by atoms with Gasteiger partial charge in [-0.2, -0.15) is 0 Å². The summed E-state index contributed by atoms with van der Waals surface area (Å²) in [6, 6.07) is 7.66. The van der Waals surface area contributed by atoms with Crippen LogP contribution in [0.2, 0.25) is 5.02 Å². The molecule has 0 aliphatic rings. The minimum atomic E-state index is -0.179. The van der Waals surface area contributed by atoms with Crippen LogP contribution in [0.3, 0.4) is 0 Å². The highest BCUT2D eigenvalue weighted by atomic mass is 35.5. The molecule has 2 aromatic rings. The van der Waals surface area contributed by atoms with Gasteiger partial charge in [-0.15, -0.1) is 11.8 Å². The Hall–Kier alpha value is -1.56. The Labute approximate surface area is 138 Å². The minimum Gasteiger partial charge on any atom is -0.505 e. The lowest BCUT2D eigenvalue weighted by molar-refractivity contribution is 0.280. The van der Waals surface area contributed by atoms with Crippen LogP contribution < -0.4 is 0 Å². The first-order valence-electron chi connectivity index (χ1n) is 6.78. The predicted octanol–water partition coefficient (Wildman–Crippen LogP) is 3.45. The third kappa shape index (κ3) is 4.47. The second-order valence-corrected chi connectivity index (χ2v) is 6.23. The number of benzene rings is 1. The number of halogens is 1. The Kier molecular flexibility index (Phi) is 6.24. The number of rotatable bonds is 6. The first kappa shape index (κ1) is 16.8. The second kappa shape index (κ2) is 8.17. The molecule has 0 radical (unpaired) electrons. The van der Waals surface area contributed by atoms with Gasteiger partial charge in [-0.25, -0.2) is 0 Å². The number of thioether (sulfide) groups is 1. The van der Waals surface area contributed by atoms with Gasteiger partial charge in [-0.1, -0.05) is 11.6 Å². The number of aromatic hydroxyl groups is 1. The van der Waals surface area contributed by atoms with Crippen molar-refractivity contribution in [1.29, 1.82) is 0 Å². The summed E-state index contributed by atoms with van der Waals surface area (Å²) >= 11 is 7.52. The number of hydrogen-bond donors (Lipinski definition) is 2. The molecule has 0 spiro atoms. The summed E-state index contributed by atoms with van der Waals surface area (Å²) in [5.41, 5.74) is 1.62. The number of aliphatic hydroxyl groups excluding tert-OH is 1. The summed E-state index contributed by atoms with van der Waals surface area (Å²) in [4.78, 5) is 9.47. The molecule has 0 saturated carbocycles. The van der Waals surface area contributed by atoms with Crippen molar-refractivity contribution in [1.82, 2.24) is 4.98 Å². The van der Waals surface area contributed by atoms with E-state index in [9.17, 15) is 10.2 Å². The van der Waals surface area contributed by atoms with Gasteiger partial charge >= 0.3 is 0 Å². The van der Waals surface area contributed by atoms with E-state index in [2.05, 4.69) is 9.98 Å². The molecule has 0 saturated heterocycles. The molecule has 0 fully saturated rings. The van der Waals surface area contributed by atoms with Crippen LogP contribution in [0.5, 0.6) is 5.75 Å². The van der Waals surface area contributed by atoms with Crippen molar-refractivity contribution in [2.75, 3.05) is 12.3 Å². The number of aryl methyl sites for hydroxylation is 1. The molecule has 1 heterocycles. The maximum absolute atomic E-state index is 9.99. The van der Waals surface area contributed by atoms with Gasteiger partial charge in [0.2, 0.25) is 0 Å². The zero-order chi connectivity index (χ0) is 15.9. The molecule has 0 aliphatic heterocycles. The van der Waals surface area contributed by atoms with Gasteiger partial charge in [-0.3, -0.25) is 9.98 Å². The van der Waals surface area contributed by atoms with Crippen molar-refractivity contribution < 1.29 is 10.2 Å². The third-order valence-electron chi connectivity index (χ3n) is 3.05. The Morgan fingerprint density at radius 2 is 2.05 bits per heavy atom. The molecule has 0 aliphatic carbocycles. The van der Waals surface area contributed by atoms with Gasteiger partial charge in [0, 0.05) is 45.8 Å². The number of nitrogens with zero attached hydrogens (tertiary/aromatic N) is 2. The molecule has 0 atom stereocenters. The van der Waals surface area contributed by atoms with Gasteiger partial charge in [0.05, 0.1) is 12.3 Å². The molecule has 22 heavy (non-hydrogen) atoms. The lowest BCUT2D eigenvalue weighted by atomic mass is 10.1. The molecule has 0 unspecified atom stereocenters. The molecule has 116 valence electrons. The average molecular weight is 337 g/mol. The number of aromatic nitrogens is 1. The van der Waals surface area contributed by atoms with Gasteiger partial charge in [-0.05, 0) is 31.2 Å². The normalized spacial score (nSPS) is 11.2. The van der Waals surface area contributed by atoms with Crippen molar-refractivity contribution in [2.24, 2.45) is 4.99 Å². The summed E-state index contributed by atoms with van der Waals surface area (Å²) in [6.07, 6.45) is 3.15. The number of hydrogen-bond acceptors (Lipinski definition) is 5. The van der Waals surface area contributed by atoms with Crippen LogP contribution in [0.1, 0.15) is 16.8 Å². The molecule has 1 aromatic heterocycles. The van der Waals surface area contributed by atoms with Crippen LogP contribution in [0.15, 0.2) is 40.4 Å². The van der Waals surface area contributed by atoms with Crippen molar-refractivity contribution in [3.05, 3.63) is 52.3 Å². The van der Waals surface area contributed by atoms with Crippen LogP contribution in [0.25, 0.3) is 0 Å². The Bertz CT molecular complexity index is 660. The average Bonchev–Trinajstić information content (AvgIpc) is 2.53. The van der Waals surface area contributed by atoms with E-state index >= 15 is 0 Å². The van der Waals surface area contributed by atoms with Crippen LogP contribution in [-0.2, 0) is 6.61 Å². The smallest absolute Gasteiger partial charge is 0.145 e. The topological polar surface area (TPSA) is 65.7 Å². The summed E-state index contributed by atoms with van der Waals surface area (Å²) in [7, 11) is 0. The van der Waals surface area contributed by atoms with Crippen molar-refractivity contribution in [3.8, 4) is 5.75 Å². The van der Waals surface area contributed by atoms with Gasteiger partial charge in [0.1, 0.15) is 5.75 Å². The van der Waals surface area contributed by atoms with Gasteiger partial charge < -0.3 is 10.2 Å². The number of aliphatic hydroxyl groups is 1. The Morgan fingerprint density at radius 1 is 1.32 bits per heavy atom. The molecular weight excluding hydrogens is 320 g/mol. The highest BCUT2D eigenvalue weighted by Crippen LogP contribution is 2.22. The molecule has 4 nitrogen and oxygen atoms in total. The molecule has 0 bridgehead atoms. The van der Waals surface area contributed by atoms with Crippen molar-refractivity contribution in [2.45, 2.75) is 18.4 Å². The van der Waals surface area contributed by atoms with Crippen LogP contribution >= 0.6 is 23.4 Å². The summed E-state index contributed by atoms with van der Waals surface area (Å²) < 4.78 is 0. The fourth-order valence-electron chi connectivity index (χ4n) is 1.83. The van der Waals surface area contributed by atoms with Crippen molar-refractivity contribution in [3.63, 3.8) is 0 Å². The largest absolute Gasteiger partial charge is 0.505 e. The van der Waals surface area contributed by atoms with E-state index in [1.54, 1.807) is 31.1 Å². The molecule has 2 N–H and O–H groups in total. The van der Waals surface area contributed by atoms with Crippen molar-refractivity contribution >= 4 is 29.6 Å². The van der Waals surface area contributed by atoms with Gasteiger partial charge in [0.15, 0.2) is 0 Å². The molecule has 0 amide bonds. The maximum atomic E-state index is 9.99. The zero-order valence-electron chi connectivity index (χ0n) is 12.2. The molecule has 2 rings (SSSR count). The summed E-state index contributed by atoms with van der Waals surface area (Å²) in [6.45, 7) is 2.14. The monoisotopic (exact) mass is 336 g/mol. The maximum Gasteiger partial charge on any atom is 0.145 e. The number of aliphatic imine (C=N–C) groups is 1. The summed E-state index contributed by atoms with van der Waals surface area (Å²) in [5.74, 6) is 0.887.